The van der Waals surface area contributed by atoms with Crippen LogP contribution in [0.3, 0.4) is 0 Å². The molecular formula is C17H23N5O2. The Bertz CT molecular complexity index is 609. The summed E-state index contributed by atoms with van der Waals surface area (Å²) in [5.41, 5.74) is 0.182. The standard InChI is InChI=1S/C17H23N5O2/c18-11-15-16(20-9-8-19-15)24-14-7-4-10-22(12-14)17(23)21-13-5-2-1-3-6-13/h8-9,13-14H,1-7,10,12H2,(H,21,23). The Balaban J connectivity index is 1.55. The van der Waals surface area contributed by atoms with E-state index in [0.717, 1.165) is 32.2 Å². The molecule has 0 spiro atoms. The van der Waals surface area contributed by atoms with E-state index in [1.165, 1.54) is 31.7 Å². The number of ether oxygens (including phenoxy) is 1. The fourth-order valence-electron chi connectivity index (χ4n) is 3.38. The van der Waals surface area contributed by atoms with Crippen LogP contribution in [0, 0.1) is 11.3 Å². The summed E-state index contributed by atoms with van der Waals surface area (Å²) < 4.78 is 5.83. The highest BCUT2D eigenvalue weighted by atomic mass is 16.5. The van der Waals surface area contributed by atoms with Crippen molar-refractivity contribution in [3.63, 3.8) is 0 Å². The van der Waals surface area contributed by atoms with Crippen LogP contribution in [0.2, 0.25) is 0 Å². The second-order valence-corrected chi connectivity index (χ2v) is 6.43. The van der Waals surface area contributed by atoms with Crippen molar-refractivity contribution in [2.45, 2.75) is 57.1 Å². The topological polar surface area (TPSA) is 91.1 Å². The normalized spacial score (nSPS) is 21.8. The van der Waals surface area contributed by atoms with E-state index in [4.69, 9.17) is 10.00 Å². The van der Waals surface area contributed by atoms with Gasteiger partial charge in [-0.2, -0.15) is 5.26 Å². The molecule has 2 fully saturated rings. The molecule has 1 aliphatic heterocycles. The molecule has 0 radical (unpaired) electrons. The molecule has 1 aromatic rings. The average Bonchev–Trinajstić information content (AvgIpc) is 2.63. The number of nitrogens with zero attached hydrogens (tertiary/aromatic N) is 4. The Morgan fingerprint density at radius 2 is 2.00 bits per heavy atom. The van der Waals surface area contributed by atoms with E-state index in [-0.39, 0.29) is 23.7 Å². The van der Waals surface area contributed by atoms with Crippen LogP contribution in [0.5, 0.6) is 5.88 Å². The molecule has 0 bridgehead atoms. The third-order valence-electron chi connectivity index (χ3n) is 4.65. The van der Waals surface area contributed by atoms with E-state index < -0.39 is 0 Å². The van der Waals surface area contributed by atoms with Gasteiger partial charge in [0.05, 0.1) is 6.54 Å². The molecule has 1 aromatic heterocycles. The van der Waals surface area contributed by atoms with Crippen molar-refractivity contribution in [2.75, 3.05) is 13.1 Å². The third kappa shape index (κ3) is 4.13. The minimum Gasteiger partial charge on any atom is -0.470 e. The first-order chi connectivity index (χ1) is 11.8. The summed E-state index contributed by atoms with van der Waals surface area (Å²) in [6, 6.07) is 2.28. The van der Waals surface area contributed by atoms with Gasteiger partial charge in [0.1, 0.15) is 12.2 Å². The highest BCUT2D eigenvalue weighted by molar-refractivity contribution is 5.74. The van der Waals surface area contributed by atoms with Gasteiger partial charge in [0.25, 0.3) is 5.88 Å². The minimum atomic E-state index is -0.153. The molecule has 1 unspecified atom stereocenters. The Labute approximate surface area is 142 Å². The third-order valence-corrected chi connectivity index (χ3v) is 4.65. The average molecular weight is 329 g/mol. The van der Waals surface area contributed by atoms with Gasteiger partial charge in [-0.3, -0.25) is 0 Å². The lowest BCUT2D eigenvalue weighted by Crippen LogP contribution is -2.51. The Kier molecular flexibility index (Phi) is 5.47. The number of nitrogens with one attached hydrogen (secondary N) is 1. The van der Waals surface area contributed by atoms with Crippen LogP contribution in [0.25, 0.3) is 0 Å². The number of piperidine rings is 1. The summed E-state index contributed by atoms with van der Waals surface area (Å²) in [4.78, 5) is 22.3. The van der Waals surface area contributed by atoms with E-state index >= 15 is 0 Å². The smallest absolute Gasteiger partial charge is 0.317 e. The molecule has 2 aliphatic rings. The van der Waals surface area contributed by atoms with Gasteiger partial charge in [0.15, 0.2) is 0 Å². The number of likely N-dealkylation sites (tertiary alicyclic amines) is 1. The molecule has 1 aliphatic carbocycles. The zero-order valence-corrected chi connectivity index (χ0v) is 13.8. The van der Waals surface area contributed by atoms with Crippen LogP contribution in [0.4, 0.5) is 4.79 Å². The molecule has 7 heteroatoms. The first-order valence-corrected chi connectivity index (χ1v) is 8.69. The lowest BCUT2D eigenvalue weighted by Gasteiger charge is -2.34. The number of nitriles is 1. The molecule has 1 saturated heterocycles. The molecule has 128 valence electrons. The van der Waals surface area contributed by atoms with Crippen LogP contribution in [0.1, 0.15) is 50.6 Å². The molecule has 24 heavy (non-hydrogen) atoms. The second-order valence-electron chi connectivity index (χ2n) is 6.43. The lowest BCUT2D eigenvalue weighted by molar-refractivity contribution is 0.0954. The molecule has 2 amide bonds. The van der Waals surface area contributed by atoms with Crippen LogP contribution in [-0.4, -0.2) is 46.1 Å². The maximum absolute atomic E-state index is 12.5. The fourth-order valence-corrected chi connectivity index (χ4v) is 3.38. The van der Waals surface area contributed by atoms with Crippen molar-refractivity contribution < 1.29 is 9.53 Å². The zero-order valence-electron chi connectivity index (χ0n) is 13.8. The molecule has 1 N–H and O–H groups in total. The summed E-state index contributed by atoms with van der Waals surface area (Å²) in [5, 5.41) is 12.2. The summed E-state index contributed by atoms with van der Waals surface area (Å²) in [5.74, 6) is 0.250. The van der Waals surface area contributed by atoms with Gasteiger partial charge >= 0.3 is 6.03 Å². The predicted octanol–water partition coefficient (Wildman–Crippen LogP) is 2.23. The zero-order chi connectivity index (χ0) is 16.8. The van der Waals surface area contributed by atoms with E-state index in [0.29, 0.717) is 12.6 Å². The number of aromatic nitrogens is 2. The second kappa shape index (κ2) is 7.95. The lowest BCUT2D eigenvalue weighted by atomic mass is 9.96. The number of carbonyl (C=O) groups is 1. The van der Waals surface area contributed by atoms with E-state index in [1.54, 1.807) is 0 Å². The SMILES string of the molecule is N#Cc1nccnc1OC1CCCN(C(=O)NC2CCCCC2)C1. The van der Waals surface area contributed by atoms with E-state index in [9.17, 15) is 4.79 Å². The van der Waals surface area contributed by atoms with Gasteiger partial charge in [0.2, 0.25) is 5.69 Å². The van der Waals surface area contributed by atoms with Gasteiger partial charge in [-0.15, -0.1) is 0 Å². The van der Waals surface area contributed by atoms with Crippen molar-refractivity contribution >= 4 is 6.03 Å². The van der Waals surface area contributed by atoms with Gasteiger partial charge in [-0.1, -0.05) is 19.3 Å². The largest absolute Gasteiger partial charge is 0.470 e. The van der Waals surface area contributed by atoms with Gasteiger partial charge in [-0.25, -0.2) is 14.8 Å². The summed E-state index contributed by atoms with van der Waals surface area (Å²) in [6.07, 6.45) is 10.4. The van der Waals surface area contributed by atoms with Gasteiger partial charge < -0.3 is 15.0 Å². The molecule has 1 atom stereocenters. The van der Waals surface area contributed by atoms with Crippen LogP contribution >= 0.6 is 0 Å². The molecular weight excluding hydrogens is 306 g/mol. The Morgan fingerprint density at radius 1 is 1.21 bits per heavy atom. The quantitative estimate of drug-likeness (QED) is 0.918. The van der Waals surface area contributed by atoms with E-state index in [2.05, 4.69) is 15.3 Å². The Hall–Kier alpha value is -2.36. The molecule has 2 heterocycles. The van der Waals surface area contributed by atoms with E-state index in [1.807, 2.05) is 11.0 Å². The number of carbonyl (C=O) groups excluding carboxylic acids is 1. The number of hydrogen-bond donors (Lipinski definition) is 1. The van der Waals surface area contributed by atoms with Crippen LogP contribution in [0.15, 0.2) is 12.4 Å². The van der Waals surface area contributed by atoms with Crippen molar-refractivity contribution in [1.82, 2.24) is 20.2 Å². The van der Waals surface area contributed by atoms with Crippen LogP contribution < -0.4 is 10.1 Å². The number of rotatable bonds is 3. The highest BCUT2D eigenvalue weighted by Crippen LogP contribution is 2.20. The summed E-state index contributed by atoms with van der Waals surface area (Å²) in [7, 11) is 0. The first-order valence-electron chi connectivity index (χ1n) is 8.69. The van der Waals surface area contributed by atoms with Crippen molar-refractivity contribution in [3.8, 4) is 11.9 Å². The molecule has 3 rings (SSSR count). The number of urea groups is 1. The van der Waals surface area contributed by atoms with Crippen molar-refractivity contribution in [3.05, 3.63) is 18.1 Å². The fraction of sp³-hybridized carbons (Fsp3) is 0.647. The van der Waals surface area contributed by atoms with Gasteiger partial charge in [-0.05, 0) is 25.7 Å². The number of amides is 2. The van der Waals surface area contributed by atoms with Crippen molar-refractivity contribution in [2.24, 2.45) is 0 Å². The maximum atomic E-state index is 12.5. The number of hydrogen-bond acceptors (Lipinski definition) is 5. The molecule has 7 nitrogen and oxygen atoms in total. The minimum absolute atomic E-state index is 0.00477. The predicted molar refractivity (Wildman–Crippen MR) is 87.4 cm³/mol. The summed E-state index contributed by atoms with van der Waals surface area (Å²) in [6.45, 7) is 1.25. The first kappa shape index (κ1) is 16.5. The van der Waals surface area contributed by atoms with Crippen LogP contribution in [-0.2, 0) is 0 Å². The molecule has 1 saturated carbocycles. The molecule has 0 aromatic carbocycles. The Morgan fingerprint density at radius 3 is 2.79 bits per heavy atom. The van der Waals surface area contributed by atoms with Gasteiger partial charge in [0, 0.05) is 25.0 Å². The highest BCUT2D eigenvalue weighted by Gasteiger charge is 2.27. The maximum Gasteiger partial charge on any atom is 0.317 e. The summed E-state index contributed by atoms with van der Waals surface area (Å²) >= 11 is 0. The van der Waals surface area contributed by atoms with Crippen molar-refractivity contribution in [1.29, 1.82) is 5.26 Å². The monoisotopic (exact) mass is 329 g/mol.